The van der Waals surface area contributed by atoms with E-state index in [1.807, 2.05) is 0 Å². The van der Waals surface area contributed by atoms with Crippen molar-refractivity contribution in [2.75, 3.05) is 18.5 Å². The van der Waals surface area contributed by atoms with Gasteiger partial charge in [0.05, 0.1) is 12.8 Å². The minimum atomic E-state index is -3.94. The predicted octanol–water partition coefficient (Wildman–Crippen LogP) is 1.16. The van der Waals surface area contributed by atoms with Crippen LogP contribution in [0.5, 0.6) is 0 Å². The summed E-state index contributed by atoms with van der Waals surface area (Å²) in [7, 11) is -1.47. The van der Waals surface area contributed by atoms with Crippen molar-refractivity contribution in [3.63, 3.8) is 0 Å². The number of halogens is 1. The average molecular weight is 313 g/mol. The van der Waals surface area contributed by atoms with Crippen molar-refractivity contribution in [1.82, 2.24) is 10.2 Å². The fourth-order valence-electron chi connectivity index (χ4n) is 1.58. The maximum Gasteiger partial charge on any atom is 0.358 e. The molecule has 0 spiro atoms. The number of carbonyl (C=O) groups excluding carboxylic acids is 1. The monoisotopic (exact) mass is 313 g/mol. The number of hydrogen-bond acceptors (Lipinski definition) is 5. The number of esters is 1. The number of aromatic nitrogens is 2. The summed E-state index contributed by atoms with van der Waals surface area (Å²) in [6, 6.07) is 6.01. The van der Waals surface area contributed by atoms with Crippen molar-refractivity contribution in [3.05, 3.63) is 41.8 Å². The first-order valence-electron chi connectivity index (χ1n) is 5.74. The van der Waals surface area contributed by atoms with Gasteiger partial charge in [0.25, 0.3) is 10.0 Å². The minimum absolute atomic E-state index is 0.149. The second kappa shape index (κ2) is 5.52. The number of carbonyl (C=O) groups is 1. The molecular formula is C12H12FN3O4S. The maximum atomic E-state index is 12.9. The normalized spacial score (nSPS) is 11.2. The van der Waals surface area contributed by atoms with Gasteiger partial charge in [-0.25, -0.2) is 9.18 Å². The lowest BCUT2D eigenvalue weighted by atomic mass is 10.3. The van der Waals surface area contributed by atoms with E-state index in [1.165, 1.54) is 19.2 Å². The van der Waals surface area contributed by atoms with Gasteiger partial charge in [0.1, 0.15) is 5.82 Å². The van der Waals surface area contributed by atoms with E-state index in [4.69, 9.17) is 0 Å². The number of nitrogens with one attached hydrogen (secondary N) is 1. The Morgan fingerprint density at radius 2 is 1.95 bits per heavy atom. The number of hydrogen-bond donors (Lipinski definition) is 1. The minimum Gasteiger partial charge on any atom is -0.464 e. The predicted molar refractivity (Wildman–Crippen MR) is 71.9 cm³/mol. The molecule has 0 bridgehead atoms. The van der Waals surface area contributed by atoms with E-state index in [0.717, 1.165) is 29.6 Å². The molecule has 2 rings (SSSR count). The molecule has 0 amide bonds. The summed E-state index contributed by atoms with van der Waals surface area (Å²) in [5.41, 5.74) is 0.120. The number of anilines is 1. The number of benzene rings is 1. The second-order valence-electron chi connectivity index (χ2n) is 4.06. The van der Waals surface area contributed by atoms with E-state index in [2.05, 4.69) is 14.9 Å². The summed E-state index contributed by atoms with van der Waals surface area (Å²) < 4.78 is 43.0. The Morgan fingerprint density at radius 3 is 2.52 bits per heavy atom. The van der Waals surface area contributed by atoms with Crippen molar-refractivity contribution in [2.24, 2.45) is 0 Å². The molecule has 7 nitrogen and oxygen atoms in total. The van der Waals surface area contributed by atoms with Crippen molar-refractivity contribution in [3.8, 4) is 0 Å². The van der Waals surface area contributed by atoms with E-state index in [0.29, 0.717) is 0 Å². The smallest absolute Gasteiger partial charge is 0.358 e. The Labute approximate surface area is 120 Å². The van der Waals surface area contributed by atoms with Gasteiger partial charge in [0.15, 0.2) is 10.7 Å². The number of aromatic amines is 1. The topological polar surface area (TPSA) is 92.4 Å². The van der Waals surface area contributed by atoms with Gasteiger partial charge in [0.2, 0.25) is 0 Å². The van der Waals surface area contributed by atoms with Crippen LogP contribution >= 0.6 is 0 Å². The Balaban J connectivity index is 2.35. The molecule has 112 valence electrons. The van der Waals surface area contributed by atoms with E-state index >= 15 is 0 Å². The van der Waals surface area contributed by atoms with Crippen LogP contribution in [0.1, 0.15) is 10.5 Å². The Kier molecular flexibility index (Phi) is 3.94. The SMILES string of the molecule is COC(=O)c1cc(S(=O)(=O)N(C)c2ccc(F)cc2)[nH]n1. The van der Waals surface area contributed by atoms with Crippen LogP contribution in [-0.2, 0) is 14.8 Å². The number of sulfonamides is 1. The van der Waals surface area contributed by atoms with Crippen molar-refractivity contribution in [1.29, 1.82) is 0 Å². The molecule has 0 aliphatic rings. The van der Waals surface area contributed by atoms with E-state index in [1.54, 1.807) is 0 Å². The van der Waals surface area contributed by atoms with Gasteiger partial charge in [-0.2, -0.15) is 13.5 Å². The first-order valence-corrected chi connectivity index (χ1v) is 7.18. The Hall–Kier alpha value is -2.42. The van der Waals surface area contributed by atoms with Crippen LogP contribution in [0.4, 0.5) is 10.1 Å². The molecule has 1 aromatic heterocycles. The lowest BCUT2D eigenvalue weighted by molar-refractivity contribution is 0.0594. The summed E-state index contributed by atoms with van der Waals surface area (Å²) in [6.45, 7) is 0. The molecule has 0 fully saturated rings. The summed E-state index contributed by atoms with van der Waals surface area (Å²) >= 11 is 0. The quantitative estimate of drug-likeness (QED) is 0.855. The van der Waals surface area contributed by atoms with Crippen molar-refractivity contribution < 1.29 is 22.3 Å². The first-order chi connectivity index (χ1) is 9.86. The van der Waals surface area contributed by atoms with E-state index < -0.39 is 21.8 Å². The van der Waals surface area contributed by atoms with Crippen LogP contribution in [0.3, 0.4) is 0 Å². The summed E-state index contributed by atoms with van der Waals surface area (Å²) in [6.07, 6.45) is 0. The highest BCUT2D eigenvalue weighted by Gasteiger charge is 2.25. The fraction of sp³-hybridized carbons (Fsp3) is 0.167. The molecule has 0 radical (unpaired) electrons. The van der Waals surface area contributed by atoms with Gasteiger partial charge < -0.3 is 4.74 Å². The lowest BCUT2D eigenvalue weighted by Gasteiger charge is -2.17. The molecule has 1 aromatic carbocycles. The van der Waals surface area contributed by atoms with E-state index in [-0.39, 0.29) is 16.4 Å². The Bertz CT molecular complexity index is 755. The highest BCUT2D eigenvalue weighted by atomic mass is 32.2. The molecule has 0 aliphatic carbocycles. The molecule has 21 heavy (non-hydrogen) atoms. The van der Waals surface area contributed by atoms with Gasteiger partial charge in [-0.15, -0.1) is 0 Å². The zero-order valence-corrected chi connectivity index (χ0v) is 12.0. The van der Waals surface area contributed by atoms with Crippen LogP contribution in [0.15, 0.2) is 35.4 Å². The second-order valence-corrected chi connectivity index (χ2v) is 6.00. The third kappa shape index (κ3) is 2.87. The molecule has 0 atom stereocenters. The number of H-pyrrole nitrogens is 1. The van der Waals surface area contributed by atoms with Gasteiger partial charge in [-0.3, -0.25) is 9.40 Å². The largest absolute Gasteiger partial charge is 0.464 e. The molecule has 2 aromatic rings. The maximum absolute atomic E-state index is 12.9. The highest BCUT2D eigenvalue weighted by molar-refractivity contribution is 7.92. The lowest BCUT2D eigenvalue weighted by Crippen LogP contribution is -2.26. The van der Waals surface area contributed by atoms with Gasteiger partial charge >= 0.3 is 5.97 Å². The number of ether oxygens (including phenoxy) is 1. The van der Waals surface area contributed by atoms with Gasteiger partial charge in [-0.1, -0.05) is 0 Å². The molecule has 9 heteroatoms. The third-order valence-corrected chi connectivity index (χ3v) is 4.47. The summed E-state index contributed by atoms with van der Waals surface area (Å²) in [5, 5.41) is 5.58. The van der Waals surface area contributed by atoms with Gasteiger partial charge in [-0.05, 0) is 24.3 Å². The zero-order valence-electron chi connectivity index (χ0n) is 11.2. The number of methoxy groups -OCH3 is 1. The van der Waals surface area contributed by atoms with Gasteiger partial charge in [0, 0.05) is 13.1 Å². The molecule has 0 saturated carbocycles. The number of rotatable bonds is 4. The Morgan fingerprint density at radius 1 is 1.33 bits per heavy atom. The number of nitrogens with zero attached hydrogens (tertiary/aromatic N) is 2. The zero-order chi connectivity index (χ0) is 15.6. The molecule has 1 N–H and O–H groups in total. The average Bonchev–Trinajstić information content (AvgIpc) is 2.97. The highest BCUT2D eigenvalue weighted by Crippen LogP contribution is 2.21. The van der Waals surface area contributed by atoms with Crippen molar-refractivity contribution in [2.45, 2.75) is 5.03 Å². The fourth-order valence-corrected chi connectivity index (χ4v) is 2.70. The van der Waals surface area contributed by atoms with Crippen LogP contribution in [0.2, 0.25) is 0 Å². The standard InChI is InChI=1S/C12H12FN3O4S/c1-16(9-5-3-8(13)4-6-9)21(18,19)11-7-10(14-15-11)12(17)20-2/h3-7H,1-2H3,(H,14,15). The molecular weight excluding hydrogens is 301 g/mol. The first kappa shape index (κ1) is 15.0. The van der Waals surface area contributed by atoms with Crippen LogP contribution < -0.4 is 4.31 Å². The van der Waals surface area contributed by atoms with Crippen LogP contribution in [0, 0.1) is 5.82 Å². The summed E-state index contributed by atoms with van der Waals surface area (Å²) in [4.78, 5) is 11.3. The molecule has 1 heterocycles. The third-order valence-electron chi connectivity index (χ3n) is 2.78. The van der Waals surface area contributed by atoms with Crippen LogP contribution in [0.25, 0.3) is 0 Å². The molecule has 0 aliphatic heterocycles. The van der Waals surface area contributed by atoms with E-state index in [9.17, 15) is 17.6 Å². The molecule has 0 saturated heterocycles. The van der Waals surface area contributed by atoms with Crippen molar-refractivity contribution >= 4 is 21.7 Å². The van der Waals surface area contributed by atoms with Crippen LogP contribution in [-0.4, -0.2) is 38.7 Å². The molecule has 0 unspecified atom stereocenters. The summed E-state index contributed by atoms with van der Waals surface area (Å²) in [5.74, 6) is -1.23.